The van der Waals surface area contributed by atoms with E-state index in [1.807, 2.05) is 65.8 Å². The number of nitrogens with two attached hydrogens (primary N) is 1. The summed E-state index contributed by atoms with van der Waals surface area (Å²) in [5.74, 6) is 1.51. The minimum atomic E-state index is -0.697. The van der Waals surface area contributed by atoms with Crippen LogP contribution in [0.4, 0.5) is 21.0 Å². The van der Waals surface area contributed by atoms with Crippen molar-refractivity contribution in [2.24, 2.45) is 4.99 Å². The van der Waals surface area contributed by atoms with E-state index in [1.54, 1.807) is 56.7 Å². The number of amides is 2. The Morgan fingerprint density at radius 2 is 1.26 bits per heavy atom. The molecule has 43 heavy (non-hydrogen) atoms. The lowest BCUT2D eigenvalue weighted by Gasteiger charge is -2.39. The fourth-order valence-corrected chi connectivity index (χ4v) is 3.67. The Hall–Kier alpha value is -3.09. The molecule has 4 rings (SSSR count). The minimum absolute atomic E-state index is 0. The topological polar surface area (TPSA) is 116 Å². The van der Waals surface area contributed by atoms with Gasteiger partial charge < -0.3 is 34.5 Å². The summed E-state index contributed by atoms with van der Waals surface area (Å²) in [6.45, 7) is 13.3. The van der Waals surface area contributed by atoms with Crippen molar-refractivity contribution >= 4 is 63.5 Å². The first-order valence-corrected chi connectivity index (χ1v) is 14.9. The highest BCUT2D eigenvalue weighted by atomic mass is 127. The molecule has 0 spiro atoms. The molecule has 2 aliphatic rings. The van der Waals surface area contributed by atoms with Crippen LogP contribution in [0.15, 0.2) is 53.5 Å². The maximum Gasteiger partial charge on any atom is 0.410 e. The van der Waals surface area contributed by atoms with Gasteiger partial charge in [-0.25, -0.2) is 9.59 Å². The van der Waals surface area contributed by atoms with Crippen molar-refractivity contribution in [3.8, 4) is 11.5 Å². The highest BCUT2D eigenvalue weighted by molar-refractivity contribution is 14.1. The standard InChI is InChI=1S/C15H18N2O3S.C14H20N2O3.CH3I.CH4/c1-15(2,3)20-14(18)17-8-13(9-17)19-12-6-4-11(5-7-12)16-10-21;1-14(2,3)19-13(17)16-8-12(9-16)18-11-6-4-10(15)5-7-11;1-2;/h4-7,13H,8-9H2,1-3H3;4-7,12H,8-9,15H2,1-3H3;1H3;1H4/i;;1TD;. The van der Waals surface area contributed by atoms with Gasteiger partial charge in [0.1, 0.15) is 34.9 Å². The molecule has 1 atom stereocenters. The molecular weight excluding hydrogens is 683 g/mol. The molecule has 10 nitrogen and oxygen atoms in total. The lowest BCUT2D eigenvalue weighted by atomic mass is 10.1. The van der Waals surface area contributed by atoms with Crippen LogP contribution in [0.5, 0.6) is 11.5 Å². The van der Waals surface area contributed by atoms with Crippen molar-refractivity contribution in [2.45, 2.75) is 72.4 Å². The molecule has 2 aromatic carbocycles. The molecule has 0 aliphatic carbocycles. The van der Waals surface area contributed by atoms with E-state index in [4.69, 9.17) is 27.4 Å². The van der Waals surface area contributed by atoms with Crippen molar-refractivity contribution in [3.63, 3.8) is 0 Å². The van der Waals surface area contributed by atoms with Crippen LogP contribution < -0.4 is 15.2 Å². The summed E-state index contributed by atoms with van der Waals surface area (Å²) < 4.78 is 34.5. The van der Waals surface area contributed by atoms with Crippen LogP contribution >= 0.6 is 34.8 Å². The van der Waals surface area contributed by atoms with Crippen molar-refractivity contribution in [1.82, 2.24) is 9.80 Å². The first-order chi connectivity index (χ1) is 20.4. The minimum Gasteiger partial charge on any atom is -0.487 e. The summed E-state index contributed by atoms with van der Waals surface area (Å²) in [7, 11) is 0. The van der Waals surface area contributed by atoms with Crippen LogP contribution in [0, 0.1) is 0 Å². The van der Waals surface area contributed by atoms with Crippen LogP contribution in [0.25, 0.3) is 0 Å². The largest absolute Gasteiger partial charge is 0.487 e. The van der Waals surface area contributed by atoms with Crippen LogP contribution in [0.1, 0.15) is 51.7 Å². The Kier molecular flexibility index (Phi) is 13.8. The number of hydrogen-bond acceptors (Lipinski definition) is 9. The third-order valence-corrected chi connectivity index (χ3v) is 5.59. The van der Waals surface area contributed by atoms with E-state index in [2.05, 4.69) is 22.4 Å². The number of carbonyl (C=O) groups excluding carboxylic acids is 2. The Morgan fingerprint density at radius 3 is 1.58 bits per heavy atom. The van der Waals surface area contributed by atoms with E-state index in [0.717, 1.165) is 17.2 Å². The number of nitrogen functional groups attached to an aromatic ring is 1. The molecule has 2 heterocycles. The molecule has 2 fully saturated rings. The number of rotatable bonds is 5. The molecule has 1 unspecified atom stereocenters. The molecule has 12 heteroatoms. The Morgan fingerprint density at radius 1 is 0.907 bits per heavy atom. The van der Waals surface area contributed by atoms with E-state index < -0.39 is 16.1 Å². The number of alkyl halides is 1. The quantitative estimate of drug-likeness (QED) is 0.112. The van der Waals surface area contributed by atoms with Crippen LogP contribution in [-0.2, 0) is 9.47 Å². The van der Waals surface area contributed by atoms with E-state index in [0.29, 0.717) is 31.9 Å². The second-order valence-corrected chi connectivity index (χ2v) is 11.7. The number of ether oxygens (including phenoxy) is 4. The fraction of sp³-hybridized carbons (Fsp3) is 0.516. The number of isothiocyanates is 1. The average Bonchev–Trinajstić information content (AvgIpc) is 2.83. The van der Waals surface area contributed by atoms with Crippen molar-refractivity contribution < 1.29 is 31.3 Å². The van der Waals surface area contributed by atoms with Gasteiger partial charge in [-0.3, -0.25) is 0 Å². The maximum absolute atomic E-state index is 11.8. The first kappa shape index (κ1) is 34.4. The summed E-state index contributed by atoms with van der Waals surface area (Å²) >= 11 is 6.22. The predicted molar refractivity (Wildman–Crippen MR) is 183 cm³/mol. The molecule has 0 saturated carbocycles. The second-order valence-electron chi connectivity index (χ2n) is 11.5. The van der Waals surface area contributed by atoms with Crippen molar-refractivity contribution in [1.29, 1.82) is 0 Å². The van der Waals surface area contributed by atoms with Gasteiger partial charge in [0.15, 0.2) is 0 Å². The first-order valence-electron chi connectivity index (χ1n) is 14.4. The molecule has 2 aliphatic heterocycles. The number of anilines is 1. The van der Waals surface area contributed by atoms with E-state index in [-0.39, 0.29) is 31.8 Å². The number of hydrogen-bond donors (Lipinski definition) is 1. The number of halogens is 1. The van der Waals surface area contributed by atoms with Gasteiger partial charge in [-0.1, -0.05) is 30.0 Å². The second kappa shape index (κ2) is 17.3. The lowest BCUT2D eigenvalue weighted by molar-refractivity contribution is -0.0225. The molecule has 2 N–H and O–H groups in total. The van der Waals surface area contributed by atoms with Gasteiger partial charge in [-0.15, -0.1) is 0 Å². The van der Waals surface area contributed by atoms with Gasteiger partial charge in [-0.05, 0) is 107 Å². The molecule has 238 valence electrons. The third kappa shape index (κ3) is 13.8. The van der Waals surface area contributed by atoms with Gasteiger partial charge in [0.25, 0.3) is 0 Å². The summed E-state index contributed by atoms with van der Waals surface area (Å²) in [6.07, 6.45) is -0.564. The third-order valence-electron chi connectivity index (χ3n) is 5.50. The molecule has 2 amide bonds. The van der Waals surface area contributed by atoms with Gasteiger partial charge >= 0.3 is 12.2 Å². The summed E-state index contributed by atoms with van der Waals surface area (Å²) in [4.78, 5) is 29.9. The molecule has 0 radical (unpaired) electrons. The van der Waals surface area contributed by atoms with Crippen LogP contribution in [-0.4, -0.2) is 81.6 Å². The molecule has 2 aromatic rings. The zero-order valence-corrected chi connectivity index (χ0v) is 27.8. The van der Waals surface area contributed by atoms with Gasteiger partial charge in [0, 0.05) is 8.43 Å². The van der Waals surface area contributed by atoms with Gasteiger partial charge in [0.2, 0.25) is 0 Å². The van der Waals surface area contributed by atoms with Crippen molar-refractivity contribution in [2.75, 3.05) is 36.8 Å². The zero-order chi connectivity index (χ0) is 33.1. The highest BCUT2D eigenvalue weighted by Crippen LogP contribution is 2.23. The van der Waals surface area contributed by atoms with E-state index in [9.17, 15) is 9.59 Å². The number of benzene rings is 2. The number of likely N-dealkylation sites (tertiary alicyclic amines) is 2. The molecular formula is C31H45IN4O6S. The summed E-state index contributed by atoms with van der Waals surface area (Å²) in [6, 6.07) is 14.5. The zero-order valence-electron chi connectivity index (χ0n) is 26.8. The maximum atomic E-state index is 11.8. The fourth-order valence-electron chi connectivity index (χ4n) is 3.56. The SMILES string of the molecule is C.CC(C)(C)OC(=O)N1CC(Oc2ccc(N)cc2)C1.CC(C)(C)OC(=O)N1CC(Oc2ccc(N=C=S)cc2)C1.[2H]C([3H])I. The Balaban J connectivity index is 0.000000396. The highest BCUT2D eigenvalue weighted by Gasteiger charge is 2.36. The van der Waals surface area contributed by atoms with E-state index in [1.165, 1.54) is 0 Å². The predicted octanol–water partition coefficient (Wildman–Crippen LogP) is 7.37. The number of aliphatic imine (C=N–C) groups is 1. The van der Waals surface area contributed by atoms with Crippen LogP contribution in [0.3, 0.4) is 0 Å². The molecule has 0 bridgehead atoms. The smallest absolute Gasteiger partial charge is 0.410 e. The summed E-state index contributed by atoms with van der Waals surface area (Å²) in [5, 5.41) is 2.31. The molecule has 0 aromatic heterocycles. The number of thiocarbonyl (C=S) groups is 1. The molecule has 2 saturated heterocycles. The van der Waals surface area contributed by atoms with Crippen LogP contribution in [0.2, 0.25) is 0 Å². The lowest BCUT2D eigenvalue weighted by Crippen LogP contribution is -2.57. The Bertz CT molecular complexity index is 1250. The monoisotopic (exact) mass is 731 g/mol. The average molecular weight is 732 g/mol. The van der Waals surface area contributed by atoms with Gasteiger partial charge in [0.05, 0.1) is 37.0 Å². The van der Waals surface area contributed by atoms with E-state index >= 15 is 0 Å². The normalized spacial score (nSPS) is 15.8. The number of carbonyl (C=O) groups is 2. The summed E-state index contributed by atoms with van der Waals surface area (Å²) in [5.41, 5.74) is 6.11. The Labute approximate surface area is 277 Å². The van der Waals surface area contributed by atoms with Crippen molar-refractivity contribution in [3.05, 3.63) is 48.5 Å². The number of nitrogens with zero attached hydrogens (tertiary/aromatic N) is 3. The van der Waals surface area contributed by atoms with Gasteiger partial charge in [-0.2, -0.15) is 4.99 Å².